The standard InChI is InChI=1S/C9H3BrClN3/c10-9-8(4-12)13-7-3-5(11)1-2-6(7)14-9/h1-3H. The van der Waals surface area contributed by atoms with Crippen LogP contribution in [-0.2, 0) is 0 Å². The van der Waals surface area contributed by atoms with Gasteiger partial charge in [-0.15, -0.1) is 0 Å². The molecule has 0 atom stereocenters. The van der Waals surface area contributed by atoms with Gasteiger partial charge in [0.05, 0.1) is 11.0 Å². The van der Waals surface area contributed by atoms with Crippen molar-refractivity contribution in [3.63, 3.8) is 0 Å². The zero-order chi connectivity index (χ0) is 10.1. The zero-order valence-electron chi connectivity index (χ0n) is 6.83. The number of nitrogens with zero attached hydrogens (tertiary/aromatic N) is 3. The van der Waals surface area contributed by atoms with Crippen molar-refractivity contribution in [1.82, 2.24) is 9.97 Å². The van der Waals surface area contributed by atoms with Crippen LogP contribution in [0.15, 0.2) is 22.8 Å². The van der Waals surface area contributed by atoms with Crippen molar-refractivity contribution < 1.29 is 0 Å². The summed E-state index contributed by atoms with van der Waals surface area (Å²) in [5, 5.41) is 9.31. The van der Waals surface area contributed by atoms with Gasteiger partial charge in [0.1, 0.15) is 10.7 Å². The highest BCUT2D eigenvalue weighted by molar-refractivity contribution is 9.10. The number of fused-ring (bicyclic) bond motifs is 1. The van der Waals surface area contributed by atoms with Gasteiger partial charge in [0, 0.05) is 5.02 Å². The van der Waals surface area contributed by atoms with Crippen molar-refractivity contribution in [2.24, 2.45) is 0 Å². The van der Waals surface area contributed by atoms with Gasteiger partial charge in [-0.1, -0.05) is 11.6 Å². The van der Waals surface area contributed by atoms with E-state index in [0.717, 1.165) is 0 Å². The molecule has 0 amide bonds. The Labute approximate surface area is 93.5 Å². The third-order valence-corrected chi connectivity index (χ3v) is 2.48. The van der Waals surface area contributed by atoms with E-state index in [9.17, 15) is 0 Å². The van der Waals surface area contributed by atoms with Gasteiger partial charge in [0.2, 0.25) is 0 Å². The minimum absolute atomic E-state index is 0.264. The molecule has 0 spiro atoms. The molecule has 0 aliphatic heterocycles. The molecule has 68 valence electrons. The highest BCUT2D eigenvalue weighted by Crippen LogP contribution is 2.19. The van der Waals surface area contributed by atoms with E-state index in [4.69, 9.17) is 16.9 Å². The van der Waals surface area contributed by atoms with Crippen molar-refractivity contribution in [2.45, 2.75) is 0 Å². The second-order valence-corrected chi connectivity index (χ2v) is 3.80. The fraction of sp³-hybridized carbons (Fsp3) is 0. The Balaban J connectivity index is 2.82. The molecule has 1 aromatic carbocycles. The Morgan fingerprint density at radius 2 is 2.07 bits per heavy atom. The van der Waals surface area contributed by atoms with Crippen LogP contribution in [0.25, 0.3) is 11.0 Å². The molecule has 2 rings (SSSR count). The van der Waals surface area contributed by atoms with E-state index >= 15 is 0 Å². The molecular formula is C9H3BrClN3. The van der Waals surface area contributed by atoms with Crippen LogP contribution in [0.4, 0.5) is 0 Å². The number of rotatable bonds is 0. The summed E-state index contributed by atoms with van der Waals surface area (Å²) in [5.41, 5.74) is 1.59. The van der Waals surface area contributed by atoms with Crippen LogP contribution in [0.3, 0.4) is 0 Å². The monoisotopic (exact) mass is 267 g/mol. The van der Waals surface area contributed by atoms with Crippen molar-refractivity contribution in [3.8, 4) is 6.07 Å². The van der Waals surface area contributed by atoms with E-state index in [1.54, 1.807) is 18.2 Å². The Hall–Kier alpha value is -1.18. The van der Waals surface area contributed by atoms with Crippen molar-refractivity contribution in [1.29, 1.82) is 5.26 Å². The van der Waals surface area contributed by atoms with Crippen molar-refractivity contribution >= 4 is 38.6 Å². The van der Waals surface area contributed by atoms with Gasteiger partial charge in [-0.2, -0.15) is 5.26 Å². The average Bonchev–Trinajstić information content (AvgIpc) is 2.17. The lowest BCUT2D eigenvalue weighted by molar-refractivity contribution is 1.20. The highest BCUT2D eigenvalue weighted by atomic mass is 79.9. The molecule has 0 saturated carbocycles. The predicted molar refractivity (Wildman–Crippen MR) is 57.0 cm³/mol. The Morgan fingerprint density at radius 1 is 1.29 bits per heavy atom. The maximum Gasteiger partial charge on any atom is 0.174 e. The summed E-state index contributed by atoms with van der Waals surface area (Å²) in [6.45, 7) is 0. The fourth-order valence-corrected chi connectivity index (χ4v) is 1.61. The SMILES string of the molecule is N#Cc1nc2cc(Cl)ccc2nc1Br. The van der Waals surface area contributed by atoms with E-state index in [1.165, 1.54) is 0 Å². The Kier molecular flexibility index (Phi) is 2.36. The first-order valence-corrected chi connectivity index (χ1v) is 4.90. The van der Waals surface area contributed by atoms with Crippen LogP contribution in [0.5, 0.6) is 0 Å². The van der Waals surface area contributed by atoms with Gasteiger partial charge >= 0.3 is 0 Å². The van der Waals surface area contributed by atoms with E-state index in [0.29, 0.717) is 20.7 Å². The minimum Gasteiger partial charge on any atom is -0.236 e. The van der Waals surface area contributed by atoms with Crippen molar-refractivity contribution in [2.75, 3.05) is 0 Å². The summed E-state index contributed by atoms with van der Waals surface area (Å²) >= 11 is 8.96. The lowest BCUT2D eigenvalue weighted by Crippen LogP contribution is -1.90. The number of halogens is 2. The average molecular weight is 269 g/mol. The summed E-state index contributed by atoms with van der Waals surface area (Å²) < 4.78 is 0.454. The molecule has 0 aliphatic rings. The molecule has 0 N–H and O–H groups in total. The summed E-state index contributed by atoms with van der Waals surface area (Å²) in [6, 6.07) is 7.11. The van der Waals surface area contributed by atoms with Crippen LogP contribution in [0.1, 0.15) is 5.69 Å². The largest absolute Gasteiger partial charge is 0.236 e. The second kappa shape index (κ2) is 3.52. The lowest BCUT2D eigenvalue weighted by atomic mass is 10.3. The molecule has 0 bridgehead atoms. The van der Waals surface area contributed by atoms with E-state index in [-0.39, 0.29) is 5.69 Å². The Morgan fingerprint density at radius 3 is 2.79 bits per heavy atom. The second-order valence-electron chi connectivity index (χ2n) is 2.61. The summed E-state index contributed by atoms with van der Waals surface area (Å²) in [7, 11) is 0. The maximum atomic E-state index is 8.73. The zero-order valence-corrected chi connectivity index (χ0v) is 9.17. The normalized spacial score (nSPS) is 10.1. The molecule has 0 aliphatic carbocycles. The van der Waals surface area contributed by atoms with Crippen LogP contribution < -0.4 is 0 Å². The van der Waals surface area contributed by atoms with Gasteiger partial charge in [-0.25, -0.2) is 9.97 Å². The van der Waals surface area contributed by atoms with Crippen LogP contribution >= 0.6 is 27.5 Å². The number of aromatic nitrogens is 2. The molecule has 14 heavy (non-hydrogen) atoms. The lowest BCUT2D eigenvalue weighted by Gasteiger charge is -1.99. The third-order valence-electron chi connectivity index (χ3n) is 1.69. The van der Waals surface area contributed by atoms with Gasteiger partial charge < -0.3 is 0 Å². The fourth-order valence-electron chi connectivity index (χ4n) is 1.08. The maximum absolute atomic E-state index is 8.73. The number of hydrogen-bond donors (Lipinski definition) is 0. The topological polar surface area (TPSA) is 49.6 Å². The molecule has 0 fully saturated rings. The Bertz CT molecular complexity index is 547. The summed E-state index contributed by atoms with van der Waals surface area (Å²) in [4.78, 5) is 8.26. The van der Waals surface area contributed by atoms with Gasteiger partial charge in [-0.3, -0.25) is 0 Å². The number of hydrogen-bond acceptors (Lipinski definition) is 3. The molecule has 1 aromatic heterocycles. The van der Waals surface area contributed by atoms with Gasteiger partial charge in [0.15, 0.2) is 5.69 Å². The minimum atomic E-state index is 0.264. The molecule has 2 aromatic rings. The number of benzene rings is 1. The van der Waals surface area contributed by atoms with Gasteiger partial charge in [0.25, 0.3) is 0 Å². The van der Waals surface area contributed by atoms with E-state index in [1.807, 2.05) is 6.07 Å². The first-order valence-electron chi connectivity index (χ1n) is 3.73. The molecule has 1 heterocycles. The first kappa shape index (κ1) is 9.38. The van der Waals surface area contributed by atoms with Crippen molar-refractivity contribution in [3.05, 3.63) is 33.5 Å². The van der Waals surface area contributed by atoms with E-state index in [2.05, 4.69) is 25.9 Å². The molecule has 5 heteroatoms. The smallest absolute Gasteiger partial charge is 0.174 e. The molecule has 0 saturated heterocycles. The number of nitriles is 1. The highest BCUT2D eigenvalue weighted by Gasteiger charge is 2.05. The quantitative estimate of drug-likeness (QED) is 0.738. The summed E-state index contributed by atoms with van der Waals surface area (Å²) in [6.07, 6.45) is 0. The van der Waals surface area contributed by atoms with Crippen LogP contribution in [-0.4, -0.2) is 9.97 Å². The van der Waals surface area contributed by atoms with Gasteiger partial charge in [-0.05, 0) is 34.1 Å². The van der Waals surface area contributed by atoms with Crippen LogP contribution in [0, 0.1) is 11.3 Å². The molecule has 0 unspecified atom stereocenters. The third kappa shape index (κ3) is 1.57. The summed E-state index contributed by atoms with van der Waals surface area (Å²) in [5.74, 6) is 0. The molecule has 0 radical (unpaired) electrons. The van der Waals surface area contributed by atoms with E-state index < -0.39 is 0 Å². The predicted octanol–water partition coefficient (Wildman–Crippen LogP) is 2.92. The molecular weight excluding hydrogens is 265 g/mol. The van der Waals surface area contributed by atoms with Crippen LogP contribution in [0.2, 0.25) is 5.02 Å². The molecule has 3 nitrogen and oxygen atoms in total. The first-order chi connectivity index (χ1) is 6.70.